The van der Waals surface area contributed by atoms with Gasteiger partial charge in [0.1, 0.15) is 0 Å². The first kappa shape index (κ1) is 57.1. The maximum absolute atomic E-state index is 8.37. The Morgan fingerprint density at radius 3 is 1.40 bits per heavy atom. The van der Waals surface area contributed by atoms with Crippen LogP contribution in [-0.4, -0.2) is 13.3 Å². The molecule has 4 nitrogen and oxygen atoms in total. The van der Waals surface area contributed by atoms with E-state index >= 15 is 0 Å². The molecule has 234 valence electrons. The summed E-state index contributed by atoms with van der Waals surface area (Å²) in [7, 11) is 0. The second-order valence-electron chi connectivity index (χ2n) is 8.81. The van der Waals surface area contributed by atoms with Crippen molar-refractivity contribution in [3.05, 3.63) is 48.1 Å². The molecule has 0 saturated carbocycles. The van der Waals surface area contributed by atoms with Crippen molar-refractivity contribution in [2.24, 2.45) is 16.3 Å². The minimum atomic E-state index is 0. The Kier molecular flexibility index (Phi) is 61.6. The van der Waals surface area contributed by atoms with Gasteiger partial charge in [0, 0.05) is 6.42 Å². The van der Waals surface area contributed by atoms with Gasteiger partial charge in [-0.05, 0) is 56.6 Å². The average molecular weight is 559 g/mol. The molecule has 0 aromatic rings. The van der Waals surface area contributed by atoms with Crippen LogP contribution in [0.4, 0.5) is 0 Å². The molecule has 0 fully saturated rings. The molecule has 0 aromatic heterocycles. The van der Waals surface area contributed by atoms with E-state index in [1.807, 2.05) is 13.0 Å². The van der Waals surface area contributed by atoms with Crippen molar-refractivity contribution in [1.29, 1.82) is 15.8 Å². The van der Waals surface area contributed by atoms with E-state index in [9.17, 15) is 0 Å². The van der Waals surface area contributed by atoms with Crippen molar-refractivity contribution in [1.82, 2.24) is 0 Å². The first-order valence-corrected chi connectivity index (χ1v) is 13.3. The summed E-state index contributed by atoms with van der Waals surface area (Å²) < 4.78 is 0. The molecule has 0 spiro atoms. The highest BCUT2D eigenvalue weighted by Crippen LogP contribution is 2.25. The number of nitriles is 3. The molecule has 0 saturated heterocycles. The fourth-order valence-electron chi connectivity index (χ4n) is 2.57. The topological polar surface area (TPSA) is 83.7 Å². The van der Waals surface area contributed by atoms with Gasteiger partial charge in [-0.1, -0.05) is 127 Å². The first-order valence-electron chi connectivity index (χ1n) is 13.3. The quantitative estimate of drug-likeness (QED) is 0.166. The second kappa shape index (κ2) is 43.2. The molecule has 2 unspecified atom stereocenters. The summed E-state index contributed by atoms with van der Waals surface area (Å²) in [5.41, 5.74) is 3.75. The van der Waals surface area contributed by atoms with Gasteiger partial charge >= 0.3 is 0 Å². The number of allylic oxidation sites excluding steroid dienone is 5. The predicted octanol–water partition coefficient (Wildman–Crippen LogP) is 12.6. The predicted molar refractivity (Wildman–Crippen MR) is 187 cm³/mol. The summed E-state index contributed by atoms with van der Waals surface area (Å²) in [6.45, 7) is 28.4. The molecule has 0 aromatic carbocycles. The number of hydrogen-bond donors (Lipinski definition) is 0. The van der Waals surface area contributed by atoms with Crippen LogP contribution in [0, 0.1) is 45.3 Å². The maximum atomic E-state index is 8.37. The van der Waals surface area contributed by atoms with Gasteiger partial charge in [0.15, 0.2) is 0 Å². The van der Waals surface area contributed by atoms with E-state index in [-0.39, 0.29) is 35.1 Å². The first-order chi connectivity index (χ1) is 17.1. The fraction of sp³-hybridized carbons (Fsp3) is 0.667. The van der Waals surface area contributed by atoms with Crippen LogP contribution >= 0.6 is 0 Å². The molecule has 0 aliphatic carbocycles. The zero-order valence-electron chi connectivity index (χ0n) is 24.8. The second-order valence-corrected chi connectivity index (χ2v) is 8.81. The van der Waals surface area contributed by atoms with E-state index in [0.29, 0.717) is 25.2 Å². The van der Waals surface area contributed by atoms with Crippen LogP contribution in [0.15, 0.2) is 53.1 Å². The summed E-state index contributed by atoms with van der Waals surface area (Å²) in [6, 6.07) is 6.41. The molecule has 0 aliphatic heterocycles. The van der Waals surface area contributed by atoms with Gasteiger partial charge in [-0.3, -0.25) is 4.99 Å². The van der Waals surface area contributed by atoms with Crippen molar-refractivity contribution in [2.45, 2.75) is 143 Å². The lowest BCUT2D eigenvalue weighted by Crippen LogP contribution is -2.09. The Balaban J connectivity index is -0.0000000551. The molecule has 40 heavy (non-hydrogen) atoms. The van der Waals surface area contributed by atoms with Gasteiger partial charge in [-0.25, -0.2) is 0 Å². The lowest BCUT2D eigenvalue weighted by molar-refractivity contribution is 0.423. The molecule has 0 heterocycles. The number of aliphatic imine (C=N–C) groups is 1. The van der Waals surface area contributed by atoms with E-state index in [4.69, 9.17) is 15.8 Å². The Hall–Kier alpha value is -2.90. The Morgan fingerprint density at radius 1 is 0.825 bits per heavy atom. The monoisotopic (exact) mass is 559 g/mol. The Morgan fingerprint density at radius 2 is 1.23 bits per heavy atom. The Labute approximate surface area is 254 Å². The van der Waals surface area contributed by atoms with Crippen molar-refractivity contribution in [3.63, 3.8) is 0 Å². The molecule has 0 radical (unpaired) electrons. The number of nitrogens with zero attached hydrogens (tertiary/aromatic N) is 4. The molecule has 2 atom stereocenters. The minimum Gasteiger partial charge on any atom is -0.297 e. The van der Waals surface area contributed by atoms with Crippen LogP contribution in [0.2, 0.25) is 0 Å². The van der Waals surface area contributed by atoms with Crippen LogP contribution in [-0.2, 0) is 0 Å². The smallest absolute Gasteiger partial charge is 0.0666 e. The van der Waals surface area contributed by atoms with Gasteiger partial charge < -0.3 is 0 Å². The molecule has 0 amide bonds. The lowest BCUT2D eigenvalue weighted by atomic mass is 9.85. The summed E-state index contributed by atoms with van der Waals surface area (Å²) in [5, 5.41) is 25.0. The summed E-state index contributed by atoms with van der Waals surface area (Å²) in [6.07, 6.45) is 14.2. The van der Waals surface area contributed by atoms with Gasteiger partial charge in [0.2, 0.25) is 0 Å². The lowest BCUT2D eigenvalue weighted by Gasteiger charge is -2.18. The van der Waals surface area contributed by atoms with Crippen molar-refractivity contribution < 1.29 is 0 Å². The maximum Gasteiger partial charge on any atom is 0.0666 e. The Bertz CT molecular complexity index is 719. The van der Waals surface area contributed by atoms with Crippen LogP contribution in [0.25, 0.3) is 0 Å². The highest BCUT2D eigenvalue weighted by molar-refractivity contribution is 5.25. The largest absolute Gasteiger partial charge is 0.297 e. The SMILES string of the molecule is C.C.C.C.C=CC(C)(CC)CC#N.C=NCC(=C)C(C)CC.CC/C=C(/CC)CC#N.CC/C=C(\CC)CC#N. The molecule has 0 N–H and O–H groups in total. The van der Waals surface area contributed by atoms with Crippen LogP contribution < -0.4 is 0 Å². The highest BCUT2D eigenvalue weighted by atomic mass is 14.7. The van der Waals surface area contributed by atoms with Crippen molar-refractivity contribution in [3.8, 4) is 18.2 Å². The van der Waals surface area contributed by atoms with E-state index in [2.05, 4.69) is 104 Å². The molecule has 4 heteroatoms. The third kappa shape index (κ3) is 39.6. The summed E-state index contributed by atoms with van der Waals surface area (Å²) in [4.78, 5) is 3.76. The van der Waals surface area contributed by atoms with Crippen molar-refractivity contribution in [2.75, 3.05) is 6.54 Å². The van der Waals surface area contributed by atoms with Gasteiger partial charge in [-0.15, -0.1) is 6.58 Å². The zero-order chi connectivity index (χ0) is 28.8. The van der Waals surface area contributed by atoms with Crippen LogP contribution in [0.1, 0.15) is 143 Å². The highest BCUT2D eigenvalue weighted by Gasteiger charge is 2.15. The average Bonchev–Trinajstić information content (AvgIpc) is 2.89. The van der Waals surface area contributed by atoms with Gasteiger partial charge in [0.25, 0.3) is 0 Å². The molecule has 0 bridgehead atoms. The minimum absolute atomic E-state index is 0. The summed E-state index contributed by atoms with van der Waals surface area (Å²) in [5.74, 6) is 0.593. The zero-order valence-corrected chi connectivity index (χ0v) is 24.8. The van der Waals surface area contributed by atoms with E-state index in [1.165, 1.54) is 16.7 Å². The van der Waals surface area contributed by atoms with Crippen LogP contribution in [0.5, 0.6) is 0 Å². The third-order valence-corrected chi connectivity index (χ3v) is 5.91. The normalized spacial score (nSPS) is 11.3. The van der Waals surface area contributed by atoms with Gasteiger partial charge in [-0.2, -0.15) is 15.8 Å². The van der Waals surface area contributed by atoms with Gasteiger partial charge in [0.05, 0.1) is 37.6 Å². The fourth-order valence-corrected chi connectivity index (χ4v) is 2.57. The number of hydrogen-bond acceptors (Lipinski definition) is 4. The van der Waals surface area contributed by atoms with E-state index in [1.54, 1.807) is 0 Å². The molecule has 0 rings (SSSR count). The van der Waals surface area contributed by atoms with E-state index < -0.39 is 0 Å². The number of rotatable bonds is 13. The summed E-state index contributed by atoms with van der Waals surface area (Å²) >= 11 is 0. The molecule has 0 aliphatic rings. The van der Waals surface area contributed by atoms with E-state index in [0.717, 1.165) is 45.1 Å². The van der Waals surface area contributed by atoms with Crippen LogP contribution in [0.3, 0.4) is 0 Å². The molecular formula is C36H70N4. The molecular weight excluding hydrogens is 488 g/mol. The standard InChI is InChI=1S/C8H15N.3C8H13N.4CH4/c1-5-7(2)8(3)6-9-4;1-4-8(3,5-2)6-7-9;2*1-3-5-8(4-2)6-7-9;;;;/h7H,3-6H2,1-2H3;4H,1,5-6H2,2-3H3;2*5H,3-4,6H2,1-2H3;4*1H4/b;;8-5+;8-5-;;;;. The van der Waals surface area contributed by atoms with Crippen molar-refractivity contribution >= 4 is 6.72 Å². The third-order valence-electron chi connectivity index (χ3n) is 5.91.